The van der Waals surface area contributed by atoms with E-state index in [-0.39, 0.29) is 24.7 Å². The smallest absolute Gasteiger partial charge is 0.267 e. The van der Waals surface area contributed by atoms with Crippen molar-refractivity contribution in [2.45, 2.75) is 26.1 Å². The van der Waals surface area contributed by atoms with E-state index in [1.807, 2.05) is 6.92 Å². The van der Waals surface area contributed by atoms with Crippen LogP contribution in [0, 0.1) is 6.92 Å². The topological polar surface area (TPSA) is 75.6 Å². The lowest BCUT2D eigenvalue weighted by molar-refractivity contribution is -0.0857. The van der Waals surface area contributed by atoms with E-state index in [1.165, 1.54) is 0 Å². The molecule has 1 fully saturated rings. The summed E-state index contributed by atoms with van der Waals surface area (Å²) < 4.78 is 9.25. The molecule has 17 heavy (non-hydrogen) atoms. The molecule has 2 unspecified atom stereocenters. The Balaban J connectivity index is 2.11. The van der Waals surface area contributed by atoms with Crippen LogP contribution in [-0.2, 0) is 4.74 Å². The summed E-state index contributed by atoms with van der Waals surface area (Å²) in [7, 11) is 0. The molecule has 1 aromatic rings. The third kappa shape index (κ3) is 2.62. The first-order chi connectivity index (χ1) is 8.11. The Hall–Kier alpha value is -1.05. The molecule has 1 aromatic heterocycles. The number of aryl methyl sites for hydroxylation is 1. The van der Waals surface area contributed by atoms with E-state index in [0.717, 1.165) is 11.5 Å². The van der Waals surface area contributed by atoms with Crippen molar-refractivity contribution in [1.82, 2.24) is 14.5 Å². The zero-order valence-corrected chi connectivity index (χ0v) is 10.6. The fourth-order valence-electron chi connectivity index (χ4n) is 1.88. The van der Waals surface area contributed by atoms with Crippen LogP contribution in [0.15, 0.2) is 0 Å². The molecule has 1 N–H and O–H groups in total. The number of aliphatic hydroxyl groups is 1. The maximum absolute atomic E-state index is 12.2. The van der Waals surface area contributed by atoms with Crippen LogP contribution in [-0.4, -0.2) is 57.4 Å². The number of amides is 1. The Kier molecular flexibility index (Phi) is 3.70. The molecule has 1 saturated heterocycles. The average molecular weight is 257 g/mol. The molecule has 2 heterocycles. The normalized spacial score (nSPS) is 25.0. The van der Waals surface area contributed by atoms with Crippen molar-refractivity contribution in [1.29, 1.82) is 0 Å². The number of rotatable bonds is 2. The standard InChI is InChI=1S/C10H15N3O3S/c1-6-3-13(4-8(5-14)16-6)10(15)9-7(2)11-12-17-9/h6,8,14H,3-5H2,1-2H3. The number of aromatic nitrogens is 2. The van der Waals surface area contributed by atoms with Crippen molar-refractivity contribution >= 4 is 17.4 Å². The SMILES string of the molecule is Cc1nnsc1C(=O)N1CC(C)OC(CO)C1. The number of ether oxygens (including phenoxy) is 1. The van der Waals surface area contributed by atoms with Crippen molar-refractivity contribution < 1.29 is 14.6 Å². The second-order valence-electron chi connectivity index (χ2n) is 4.15. The molecule has 2 rings (SSSR count). The summed E-state index contributed by atoms with van der Waals surface area (Å²) in [6.45, 7) is 4.53. The molecule has 0 spiro atoms. The van der Waals surface area contributed by atoms with Gasteiger partial charge in [-0.15, -0.1) is 5.10 Å². The van der Waals surface area contributed by atoms with Gasteiger partial charge >= 0.3 is 0 Å². The van der Waals surface area contributed by atoms with Crippen LogP contribution < -0.4 is 0 Å². The predicted octanol–water partition coefficient (Wildman–Crippen LogP) is 0.0683. The lowest BCUT2D eigenvalue weighted by Crippen LogP contribution is -2.50. The highest BCUT2D eigenvalue weighted by Crippen LogP contribution is 2.17. The van der Waals surface area contributed by atoms with Crippen LogP contribution in [0.5, 0.6) is 0 Å². The Morgan fingerprint density at radius 3 is 3.00 bits per heavy atom. The minimum absolute atomic E-state index is 0.0639. The van der Waals surface area contributed by atoms with Crippen LogP contribution in [0.1, 0.15) is 22.3 Å². The summed E-state index contributed by atoms with van der Waals surface area (Å²) in [5, 5.41) is 12.9. The number of nitrogens with zero attached hydrogens (tertiary/aromatic N) is 3. The summed E-state index contributed by atoms with van der Waals surface area (Å²) in [5.74, 6) is -0.0777. The highest BCUT2D eigenvalue weighted by molar-refractivity contribution is 7.07. The summed E-state index contributed by atoms with van der Waals surface area (Å²) in [5.41, 5.74) is 0.652. The molecular weight excluding hydrogens is 242 g/mol. The van der Waals surface area contributed by atoms with Crippen LogP contribution in [0.4, 0.5) is 0 Å². The van der Waals surface area contributed by atoms with Crippen LogP contribution >= 0.6 is 11.5 Å². The van der Waals surface area contributed by atoms with Crippen molar-refractivity contribution in [2.75, 3.05) is 19.7 Å². The van der Waals surface area contributed by atoms with E-state index < -0.39 is 0 Å². The van der Waals surface area contributed by atoms with Crippen molar-refractivity contribution in [3.05, 3.63) is 10.6 Å². The number of aliphatic hydroxyl groups excluding tert-OH is 1. The average Bonchev–Trinajstić information content (AvgIpc) is 2.73. The van der Waals surface area contributed by atoms with Gasteiger partial charge in [0.25, 0.3) is 5.91 Å². The number of morpholine rings is 1. The molecule has 6 nitrogen and oxygen atoms in total. The van der Waals surface area contributed by atoms with Gasteiger partial charge in [-0.25, -0.2) is 0 Å². The first-order valence-electron chi connectivity index (χ1n) is 5.46. The van der Waals surface area contributed by atoms with E-state index in [0.29, 0.717) is 23.7 Å². The quantitative estimate of drug-likeness (QED) is 0.811. The number of carbonyl (C=O) groups is 1. The van der Waals surface area contributed by atoms with E-state index in [4.69, 9.17) is 9.84 Å². The van der Waals surface area contributed by atoms with Gasteiger partial charge in [-0.05, 0) is 25.4 Å². The van der Waals surface area contributed by atoms with E-state index in [9.17, 15) is 4.79 Å². The Labute approximate surface area is 103 Å². The van der Waals surface area contributed by atoms with Gasteiger partial charge in [0.2, 0.25) is 0 Å². The molecule has 0 aliphatic carbocycles. The van der Waals surface area contributed by atoms with Crippen LogP contribution in [0.25, 0.3) is 0 Å². The first kappa shape index (κ1) is 12.4. The minimum atomic E-state index is -0.302. The van der Waals surface area contributed by atoms with Gasteiger partial charge < -0.3 is 14.7 Å². The van der Waals surface area contributed by atoms with Crippen molar-refractivity contribution in [3.8, 4) is 0 Å². The van der Waals surface area contributed by atoms with Gasteiger partial charge in [-0.1, -0.05) is 4.49 Å². The summed E-state index contributed by atoms with van der Waals surface area (Å²) in [6.07, 6.45) is -0.366. The van der Waals surface area contributed by atoms with Gasteiger partial charge in [0, 0.05) is 13.1 Å². The lowest BCUT2D eigenvalue weighted by atomic mass is 10.2. The van der Waals surface area contributed by atoms with Crippen molar-refractivity contribution in [3.63, 3.8) is 0 Å². The van der Waals surface area contributed by atoms with Gasteiger partial charge in [0.15, 0.2) is 0 Å². The zero-order valence-electron chi connectivity index (χ0n) is 9.79. The molecule has 1 aliphatic heterocycles. The fraction of sp³-hybridized carbons (Fsp3) is 0.700. The molecule has 1 amide bonds. The molecule has 94 valence electrons. The first-order valence-corrected chi connectivity index (χ1v) is 6.23. The lowest BCUT2D eigenvalue weighted by Gasteiger charge is -2.35. The van der Waals surface area contributed by atoms with E-state index in [1.54, 1.807) is 11.8 Å². The van der Waals surface area contributed by atoms with Gasteiger partial charge in [0.1, 0.15) is 4.88 Å². The molecular formula is C10H15N3O3S. The molecule has 1 aliphatic rings. The molecule has 0 radical (unpaired) electrons. The zero-order chi connectivity index (χ0) is 12.4. The van der Waals surface area contributed by atoms with Crippen LogP contribution in [0.3, 0.4) is 0 Å². The molecule has 0 aromatic carbocycles. The highest BCUT2D eigenvalue weighted by Gasteiger charge is 2.30. The van der Waals surface area contributed by atoms with E-state index >= 15 is 0 Å². The maximum Gasteiger partial charge on any atom is 0.267 e. The van der Waals surface area contributed by atoms with Crippen LogP contribution in [0.2, 0.25) is 0 Å². The second-order valence-corrected chi connectivity index (χ2v) is 4.90. The Bertz CT molecular complexity index is 409. The van der Waals surface area contributed by atoms with Crippen molar-refractivity contribution in [2.24, 2.45) is 0 Å². The summed E-state index contributed by atoms with van der Waals surface area (Å²) >= 11 is 1.11. The number of hydrogen-bond donors (Lipinski definition) is 1. The molecule has 7 heteroatoms. The van der Waals surface area contributed by atoms with E-state index in [2.05, 4.69) is 9.59 Å². The minimum Gasteiger partial charge on any atom is -0.394 e. The predicted molar refractivity (Wildman–Crippen MR) is 62.0 cm³/mol. The molecule has 2 atom stereocenters. The monoisotopic (exact) mass is 257 g/mol. The highest BCUT2D eigenvalue weighted by atomic mass is 32.1. The Morgan fingerprint density at radius 1 is 1.65 bits per heavy atom. The van der Waals surface area contributed by atoms with Gasteiger partial charge in [0.05, 0.1) is 24.5 Å². The maximum atomic E-state index is 12.2. The Morgan fingerprint density at radius 2 is 2.41 bits per heavy atom. The largest absolute Gasteiger partial charge is 0.394 e. The summed E-state index contributed by atoms with van der Waals surface area (Å²) in [6, 6.07) is 0. The third-order valence-electron chi connectivity index (χ3n) is 2.66. The number of hydrogen-bond acceptors (Lipinski definition) is 6. The fourth-order valence-corrected chi connectivity index (χ4v) is 2.51. The molecule has 0 bridgehead atoms. The second kappa shape index (κ2) is 5.07. The van der Waals surface area contributed by atoms with Gasteiger partial charge in [-0.2, -0.15) is 0 Å². The van der Waals surface area contributed by atoms with Gasteiger partial charge in [-0.3, -0.25) is 4.79 Å². The molecule has 0 saturated carbocycles. The third-order valence-corrected chi connectivity index (χ3v) is 3.48. The summed E-state index contributed by atoms with van der Waals surface area (Å²) in [4.78, 5) is 14.5. The number of carbonyl (C=O) groups excluding carboxylic acids is 1.